The third-order valence-electron chi connectivity index (χ3n) is 2.58. The van der Waals surface area contributed by atoms with Crippen molar-refractivity contribution in [3.8, 4) is 0 Å². The summed E-state index contributed by atoms with van der Waals surface area (Å²) in [5.41, 5.74) is 0. The van der Waals surface area contributed by atoms with Crippen LogP contribution < -0.4 is 10.2 Å². The maximum absolute atomic E-state index is 5.20. The highest BCUT2D eigenvalue weighted by molar-refractivity contribution is 5.38. The predicted octanol–water partition coefficient (Wildman–Crippen LogP) is 1.38. The second-order valence-corrected chi connectivity index (χ2v) is 3.73. The first kappa shape index (κ1) is 9.52. The molecule has 1 fully saturated rings. The van der Waals surface area contributed by atoms with Crippen molar-refractivity contribution in [1.29, 1.82) is 0 Å². The quantitative estimate of drug-likeness (QED) is 0.791. The number of hydrogen-bond acceptors (Lipinski definition) is 4. The van der Waals surface area contributed by atoms with Crippen LogP contribution in [0.15, 0.2) is 10.6 Å². The highest BCUT2D eigenvalue weighted by Gasteiger charge is 2.14. The van der Waals surface area contributed by atoms with Crippen molar-refractivity contribution in [1.82, 2.24) is 10.5 Å². The molecular formula is C10H17N3O. The summed E-state index contributed by atoms with van der Waals surface area (Å²) in [6, 6.07) is 2.03. The molecule has 0 saturated carbocycles. The third kappa shape index (κ3) is 2.07. The van der Waals surface area contributed by atoms with Gasteiger partial charge in [0.15, 0.2) is 11.6 Å². The van der Waals surface area contributed by atoms with Gasteiger partial charge in [-0.1, -0.05) is 5.16 Å². The van der Waals surface area contributed by atoms with E-state index < -0.39 is 0 Å². The Hall–Kier alpha value is -1.03. The van der Waals surface area contributed by atoms with Crippen LogP contribution in [0.5, 0.6) is 0 Å². The molecule has 0 radical (unpaired) electrons. The molecule has 2 rings (SSSR count). The lowest BCUT2D eigenvalue weighted by molar-refractivity contribution is 0.375. The molecule has 78 valence electrons. The average molecular weight is 195 g/mol. The van der Waals surface area contributed by atoms with Crippen LogP contribution in [0.3, 0.4) is 0 Å². The molecular weight excluding hydrogens is 178 g/mol. The van der Waals surface area contributed by atoms with E-state index >= 15 is 0 Å². The van der Waals surface area contributed by atoms with Gasteiger partial charge in [-0.15, -0.1) is 0 Å². The van der Waals surface area contributed by atoms with E-state index in [0.29, 0.717) is 0 Å². The molecule has 1 aromatic heterocycles. The highest BCUT2D eigenvalue weighted by Crippen LogP contribution is 2.19. The molecule has 2 heterocycles. The van der Waals surface area contributed by atoms with E-state index in [1.165, 1.54) is 19.3 Å². The normalized spacial score (nSPS) is 17.4. The number of aromatic nitrogens is 1. The lowest BCUT2D eigenvalue weighted by atomic mass is 10.1. The topological polar surface area (TPSA) is 41.3 Å². The monoisotopic (exact) mass is 195 g/mol. The fraction of sp³-hybridized carbons (Fsp3) is 0.700. The summed E-state index contributed by atoms with van der Waals surface area (Å²) in [7, 11) is 1.91. The van der Waals surface area contributed by atoms with Gasteiger partial charge in [0.2, 0.25) is 0 Å². The second-order valence-electron chi connectivity index (χ2n) is 3.73. The van der Waals surface area contributed by atoms with Crippen LogP contribution in [0, 0.1) is 0 Å². The Bertz CT molecular complexity index is 279. The smallest absolute Gasteiger partial charge is 0.172 e. The number of hydrogen-bond donors (Lipinski definition) is 1. The van der Waals surface area contributed by atoms with E-state index in [4.69, 9.17) is 4.52 Å². The van der Waals surface area contributed by atoms with Crippen LogP contribution >= 0.6 is 0 Å². The molecule has 0 bridgehead atoms. The van der Waals surface area contributed by atoms with Gasteiger partial charge in [0.05, 0.1) is 6.54 Å². The molecule has 0 aromatic carbocycles. The van der Waals surface area contributed by atoms with Gasteiger partial charge in [-0.2, -0.15) is 0 Å². The summed E-state index contributed by atoms with van der Waals surface area (Å²) in [4.78, 5) is 2.30. The fourth-order valence-electron chi connectivity index (χ4n) is 1.83. The number of rotatable bonds is 3. The number of nitrogens with one attached hydrogen (secondary N) is 1. The van der Waals surface area contributed by atoms with E-state index in [1.54, 1.807) is 0 Å². The zero-order valence-electron chi connectivity index (χ0n) is 8.62. The molecule has 1 aromatic rings. The molecule has 4 heteroatoms. The Labute approximate surface area is 84.3 Å². The van der Waals surface area contributed by atoms with Crippen molar-refractivity contribution in [2.45, 2.75) is 25.8 Å². The number of anilines is 1. The predicted molar refractivity (Wildman–Crippen MR) is 55.3 cm³/mol. The lowest BCUT2D eigenvalue weighted by Crippen LogP contribution is -2.29. The molecule has 0 unspecified atom stereocenters. The number of piperidine rings is 1. The molecule has 0 atom stereocenters. The van der Waals surface area contributed by atoms with Gasteiger partial charge < -0.3 is 14.7 Å². The van der Waals surface area contributed by atoms with Crippen LogP contribution in [0.25, 0.3) is 0 Å². The van der Waals surface area contributed by atoms with Crippen LogP contribution in [0.4, 0.5) is 5.82 Å². The Morgan fingerprint density at radius 2 is 2.21 bits per heavy atom. The highest BCUT2D eigenvalue weighted by atomic mass is 16.5. The first-order valence-electron chi connectivity index (χ1n) is 5.25. The minimum absolute atomic E-state index is 0.751. The van der Waals surface area contributed by atoms with Gasteiger partial charge in [-0.05, 0) is 26.3 Å². The van der Waals surface area contributed by atoms with Crippen molar-refractivity contribution in [2.24, 2.45) is 0 Å². The van der Waals surface area contributed by atoms with Crippen LogP contribution in [-0.2, 0) is 6.54 Å². The zero-order chi connectivity index (χ0) is 9.80. The second kappa shape index (κ2) is 4.46. The minimum Gasteiger partial charge on any atom is -0.358 e. The van der Waals surface area contributed by atoms with Crippen LogP contribution in [0.1, 0.15) is 25.0 Å². The summed E-state index contributed by atoms with van der Waals surface area (Å²) in [5.74, 6) is 1.91. The van der Waals surface area contributed by atoms with Gasteiger partial charge >= 0.3 is 0 Å². The van der Waals surface area contributed by atoms with Crippen molar-refractivity contribution in [3.63, 3.8) is 0 Å². The van der Waals surface area contributed by atoms with Gasteiger partial charge in [0, 0.05) is 19.2 Å². The fourth-order valence-corrected chi connectivity index (χ4v) is 1.83. The molecule has 1 aliphatic rings. The summed E-state index contributed by atoms with van der Waals surface area (Å²) < 4.78 is 5.20. The van der Waals surface area contributed by atoms with E-state index in [1.807, 2.05) is 13.1 Å². The lowest BCUT2D eigenvalue weighted by Gasteiger charge is -2.25. The van der Waals surface area contributed by atoms with Crippen molar-refractivity contribution in [3.05, 3.63) is 11.8 Å². The van der Waals surface area contributed by atoms with Crippen molar-refractivity contribution < 1.29 is 4.52 Å². The molecule has 4 nitrogen and oxygen atoms in total. The Kier molecular flexibility index (Phi) is 3.03. The summed E-state index contributed by atoms with van der Waals surface area (Å²) in [6.45, 7) is 2.98. The largest absolute Gasteiger partial charge is 0.358 e. The SMILES string of the molecule is CNCc1cc(N2CCCCC2)no1. The van der Waals surface area contributed by atoms with Gasteiger partial charge in [-0.3, -0.25) is 0 Å². The summed E-state index contributed by atoms with van der Waals surface area (Å²) in [5, 5.41) is 7.12. The number of nitrogens with zero attached hydrogens (tertiary/aromatic N) is 2. The Morgan fingerprint density at radius 1 is 1.43 bits per heavy atom. The molecule has 1 N–H and O–H groups in total. The van der Waals surface area contributed by atoms with Gasteiger partial charge in [0.25, 0.3) is 0 Å². The molecule has 0 spiro atoms. The molecule has 0 amide bonds. The summed E-state index contributed by atoms with van der Waals surface area (Å²) in [6.07, 6.45) is 3.89. The van der Waals surface area contributed by atoms with Crippen LogP contribution in [-0.4, -0.2) is 25.3 Å². The van der Waals surface area contributed by atoms with E-state index in [-0.39, 0.29) is 0 Å². The zero-order valence-corrected chi connectivity index (χ0v) is 8.62. The summed E-state index contributed by atoms with van der Waals surface area (Å²) >= 11 is 0. The Balaban J connectivity index is 2.00. The Morgan fingerprint density at radius 3 is 2.93 bits per heavy atom. The molecule has 14 heavy (non-hydrogen) atoms. The van der Waals surface area contributed by atoms with Crippen LogP contribution in [0.2, 0.25) is 0 Å². The van der Waals surface area contributed by atoms with E-state index in [2.05, 4.69) is 15.4 Å². The molecule has 1 saturated heterocycles. The van der Waals surface area contributed by atoms with Crippen molar-refractivity contribution in [2.75, 3.05) is 25.0 Å². The molecule has 0 aliphatic carbocycles. The van der Waals surface area contributed by atoms with Crippen molar-refractivity contribution >= 4 is 5.82 Å². The molecule has 1 aliphatic heterocycles. The van der Waals surface area contributed by atoms with E-state index in [0.717, 1.165) is 31.2 Å². The average Bonchev–Trinajstić information content (AvgIpc) is 2.68. The van der Waals surface area contributed by atoms with Gasteiger partial charge in [0.1, 0.15) is 0 Å². The first-order chi connectivity index (χ1) is 6.90. The third-order valence-corrected chi connectivity index (χ3v) is 2.58. The first-order valence-corrected chi connectivity index (χ1v) is 5.25. The van der Waals surface area contributed by atoms with E-state index in [9.17, 15) is 0 Å². The standard InChI is InChI=1S/C10H17N3O/c1-11-8-9-7-10(12-14-9)13-5-3-2-4-6-13/h7,11H,2-6,8H2,1H3. The minimum atomic E-state index is 0.751. The maximum Gasteiger partial charge on any atom is 0.172 e. The van der Waals surface area contributed by atoms with Gasteiger partial charge in [-0.25, -0.2) is 0 Å². The maximum atomic E-state index is 5.20.